The molecule has 0 aliphatic carbocycles. The number of piperazine rings is 1. The quantitative estimate of drug-likeness (QED) is 0.410. The third-order valence-corrected chi connectivity index (χ3v) is 6.48. The van der Waals surface area contributed by atoms with Crippen LogP contribution in [0.5, 0.6) is 5.75 Å². The number of carbonyl (C=O) groups is 1. The van der Waals surface area contributed by atoms with Crippen LogP contribution >= 0.6 is 11.6 Å². The highest BCUT2D eigenvalue weighted by Crippen LogP contribution is 2.25. The molecule has 4 rings (SSSR count). The van der Waals surface area contributed by atoms with E-state index in [1.165, 1.54) is 5.56 Å². The fourth-order valence-electron chi connectivity index (χ4n) is 4.28. The van der Waals surface area contributed by atoms with Crippen LogP contribution in [-0.2, 0) is 11.3 Å². The summed E-state index contributed by atoms with van der Waals surface area (Å²) in [5.74, 6) is 0.810. The molecule has 0 N–H and O–H groups in total. The molecule has 0 spiro atoms. The van der Waals surface area contributed by atoms with E-state index in [1.807, 2.05) is 30.0 Å². The molecule has 35 heavy (non-hydrogen) atoms. The predicted molar refractivity (Wildman–Crippen MR) is 138 cm³/mol. The molecule has 2 heterocycles. The van der Waals surface area contributed by atoms with Crippen LogP contribution in [0.3, 0.4) is 0 Å². The number of ether oxygens (including phenoxy) is 2. The minimum Gasteiger partial charge on any atom is -0.497 e. The number of rotatable bonds is 8. The van der Waals surface area contributed by atoms with E-state index in [0.29, 0.717) is 30.4 Å². The van der Waals surface area contributed by atoms with Crippen molar-refractivity contribution in [1.82, 2.24) is 14.8 Å². The topological polar surface area (TPSA) is 54.9 Å². The van der Waals surface area contributed by atoms with E-state index in [0.717, 1.165) is 42.2 Å². The number of amides is 1. The SMILES string of the molecule is COc1cccc([C@@H](CN2CCN(C(=O)c3cc(C)nc(Cl)c3)CC2)OCc2ccc(C)cc2)c1. The smallest absolute Gasteiger partial charge is 0.254 e. The largest absolute Gasteiger partial charge is 0.497 e. The molecule has 7 heteroatoms. The fourth-order valence-corrected chi connectivity index (χ4v) is 4.53. The van der Waals surface area contributed by atoms with Gasteiger partial charge in [-0.2, -0.15) is 0 Å². The molecular weight excluding hydrogens is 462 g/mol. The molecule has 1 aliphatic rings. The second kappa shape index (κ2) is 11.7. The molecular formula is C28H32ClN3O3. The molecule has 0 saturated carbocycles. The molecule has 1 atom stereocenters. The second-order valence-electron chi connectivity index (χ2n) is 8.97. The Morgan fingerprint density at radius 1 is 1.03 bits per heavy atom. The number of carbonyl (C=O) groups excluding carboxylic acids is 1. The van der Waals surface area contributed by atoms with E-state index in [-0.39, 0.29) is 12.0 Å². The molecule has 1 aromatic heterocycles. The van der Waals surface area contributed by atoms with Gasteiger partial charge in [0, 0.05) is 44.0 Å². The van der Waals surface area contributed by atoms with Gasteiger partial charge < -0.3 is 14.4 Å². The first-order valence-electron chi connectivity index (χ1n) is 11.9. The van der Waals surface area contributed by atoms with Gasteiger partial charge in [0.2, 0.25) is 0 Å². The molecule has 2 aromatic carbocycles. The van der Waals surface area contributed by atoms with Crippen LogP contribution in [0.2, 0.25) is 5.15 Å². The molecule has 184 valence electrons. The summed E-state index contributed by atoms with van der Waals surface area (Å²) in [5, 5.41) is 0.346. The third kappa shape index (κ3) is 6.82. The van der Waals surface area contributed by atoms with Crippen LogP contribution in [0.25, 0.3) is 0 Å². The van der Waals surface area contributed by atoms with Crippen LogP contribution in [0.4, 0.5) is 0 Å². The average molecular weight is 494 g/mol. The number of aromatic nitrogens is 1. The summed E-state index contributed by atoms with van der Waals surface area (Å²) in [6.45, 7) is 8.05. The summed E-state index contributed by atoms with van der Waals surface area (Å²) >= 11 is 6.06. The van der Waals surface area contributed by atoms with E-state index in [9.17, 15) is 4.79 Å². The van der Waals surface area contributed by atoms with Gasteiger partial charge in [0.15, 0.2) is 0 Å². The van der Waals surface area contributed by atoms with Gasteiger partial charge in [-0.15, -0.1) is 0 Å². The highest BCUT2D eigenvalue weighted by molar-refractivity contribution is 6.29. The van der Waals surface area contributed by atoms with Gasteiger partial charge in [0.1, 0.15) is 10.9 Å². The van der Waals surface area contributed by atoms with E-state index < -0.39 is 0 Å². The van der Waals surface area contributed by atoms with Gasteiger partial charge in [-0.25, -0.2) is 4.98 Å². The lowest BCUT2D eigenvalue weighted by atomic mass is 10.1. The van der Waals surface area contributed by atoms with Crippen LogP contribution in [0.1, 0.15) is 38.8 Å². The van der Waals surface area contributed by atoms with Crippen molar-refractivity contribution in [2.45, 2.75) is 26.6 Å². The number of hydrogen-bond acceptors (Lipinski definition) is 5. The lowest BCUT2D eigenvalue weighted by molar-refractivity contribution is 0.00333. The number of benzene rings is 2. The molecule has 0 radical (unpaired) electrons. The van der Waals surface area contributed by atoms with Crippen LogP contribution < -0.4 is 4.74 Å². The maximum Gasteiger partial charge on any atom is 0.254 e. The molecule has 0 bridgehead atoms. The van der Waals surface area contributed by atoms with Crippen molar-refractivity contribution in [3.8, 4) is 5.75 Å². The number of hydrogen-bond donors (Lipinski definition) is 0. The van der Waals surface area contributed by atoms with E-state index in [1.54, 1.807) is 19.2 Å². The Labute approximate surface area is 212 Å². The zero-order valence-corrected chi connectivity index (χ0v) is 21.3. The molecule has 1 saturated heterocycles. The van der Waals surface area contributed by atoms with Gasteiger partial charge >= 0.3 is 0 Å². The summed E-state index contributed by atoms with van der Waals surface area (Å²) in [7, 11) is 1.68. The first-order valence-corrected chi connectivity index (χ1v) is 12.3. The number of pyridine rings is 1. The van der Waals surface area contributed by atoms with Crippen molar-refractivity contribution >= 4 is 17.5 Å². The molecule has 1 fully saturated rings. The maximum absolute atomic E-state index is 13.0. The van der Waals surface area contributed by atoms with Gasteiger partial charge in [0.05, 0.1) is 19.8 Å². The molecule has 3 aromatic rings. The highest BCUT2D eigenvalue weighted by atomic mass is 35.5. The normalized spacial score (nSPS) is 15.1. The number of halogens is 1. The molecule has 1 amide bonds. The zero-order chi connectivity index (χ0) is 24.8. The second-order valence-corrected chi connectivity index (χ2v) is 9.36. The Morgan fingerprint density at radius 2 is 1.77 bits per heavy atom. The lowest BCUT2D eigenvalue weighted by Gasteiger charge is -2.36. The van der Waals surface area contributed by atoms with Crippen molar-refractivity contribution in [3.05, 3.63) is 93.8 Å². The minimum absolute atomic E-state index is 0.00276. The summed E-state index contributed by atoms with van der Waals surface area (Å²) < 4.78 is 11.9. The highest BCUT2D eigenvalue weighted by Gasteiger charge is 2.25. The standard InChI is InChI=1S/C28H32ClN3O3/c1-20-7-9-22(10-8-20)19-35-26(23-5-4-6-25(16-23)34-3)18-31-11-13-32(14-12-31)28(33)24-15-21(2)30-27(29)17-24/h4-10,15-17,26H,11-14,18-19H2,1-3H3/t26-/m1/s1. The molecule has 6 nitrogen and oxygen atoms in total. The predicted octanol–water partition coefficient (Wildman–Crippen LogP) is 5.08. The number of nitrogens with zero attached hydrogens (tertiary/aromatic N) is 3. The zero-order valence-electron chi connectivity index (χ0n) is 20.5. The van der Waals surface area contributed by atoms with Gasteiger partial charge in [-0.1, -0.05) is 53.6 Å². The van der Waals surface area contributed by atoms with E-state index in [4.69, 9.17) is 21.1 Å². The minimum atomic E-state index is -0.115. The van der Waals surface area contributed by atoms with E-state index in [2.05, 4.69) is 47.1 Å². The van der Waals surface area contributed by atoms with Gasteiger partial charge in [0.25, 0.3) is 5.91 Å². The van der Waals surface area contributed by atoms with Crippen molar-refractivity contribution in [1.29, 1.82) is 0 Å². The molecule has 0 unspecified atom stereocenters. The van der Waals surface area contributed by atoms with Crippen molar-refractivity contribution < 1.29 is 14.3 Å². The van der Waals surface area contributed by atoms with Crippen LogP contribution in [0, 0.1) is 13.8 Å². The molecule has 1 aliphatic heterocycles. The Morgan fingerprint density at radius 3 is 2.46 bits per heavy atom. The van der Waals surface area contributed by atoms with Crippen LogP contribution in [0.15, 0.2) is 60.7 Å². The summed E-state index contributed by atoms with van der Waals surface area (Å²) in [6, 6.07) is 19.9. The summed E-state index contributed by atoms with van der Waals surface area (Å²) in [5.41, 5.74) is 4.79. The monoisotopic (exact) mass is 493 g/mol. The summed E-state index contributed by atoms with van der Waals surface area (Å²) in [6.07, 6.45) is -0.115. The maximum atomic E-state index is 13.0. The lowest BCUT2D eigenvalue weighted by Crippen LogP contribution is -2.49. The fraction of sp³-hybridized carbons (Fsp3) is 0.357. The Balaban J connectivity index is 1.41. The Hall–Kier alpha value is -2.93. The Bertz CT molecular complexity index is 1120. The Kier molecular flexibility index (Phi) is 8.39. The first kappa shape index (κ1) is 25.2. The van der Waals surface area contributed by atoms with Crippen molar-refractivity contribution in [3.63, 3.8) is 0 Å². The van der Waals surface area contributed by atoms with Crippen molar-refractivity contribution in [2.24, 2.45) is 0 Å². The summed E-state index contributed by atoms with van der Waals surface area (Å²) in [4.78, 5) is 21.4. The van der Waals surface area contributed by atoms with E-state index >= 15 is 0 Å². The number of methoxy groups -OCH3 is 1. The van der Waals surface area contributed by atoms with Gasteiger partial charge in [-0.05, 0) is 49.2 Å². The average Bonchev–Trinajstić information content (AvgIpc) is 2.87. The van der Waals surface area contributed by atoms with Crippen molar-refractivity contribution in [2.75, 3.05) is 39.8 Å². The third-order valence-electron chi connectivity index (χ3n) is 6.29. The van der Waals surface area contributed by atoms with Crippen LogP contribution in [-0.4, -0.2) is 60.5 Å². The van der Waals surface area contributed by atoms with Gasteiger partial charge in [-0.3, -0.25) is 9.69 Å². The number of aryl methyl sites for hydroxylation is 2. The first-order chi connectivity index (χ1) is 16.9.